The molecule has 0 saturated carbocycles. The zero-order chi connectivity index (χ0) is 9.68. The van der Waals surface area contributed by atoms with Gasteiger partial charge in [0.2, 0.25) is 0 Å². The van der Waals surface area contributed by atoms with Gasteiger partial charge < -0.3 is 16.1 Å². The molecule has 0 atom stereocenters. The zero-order valence-corrected chi connectivity index (χ0v) is 7.31. The summed E-state index contributed by atoms with van der Waals surface area (Å²) in [6.07, 6.45) is 1.23. The largest absolute Gasteiger partial charge is 0.498 e. The second kappa shape index (κ2) is 4.13. The molecule has 0 bridgehead atoms. The summed E-state index contributed by atoms with van der Waals surface area (Å²) in [7, 11) is 1.70. The van der Waals surface area contributed by atoms with Gasteiger partial charge in [0.05, 0.1) is 11.4 Å². The van der Waals surface area contributed by atoms with Crippen molar-refractivity contribution < 1.29 is 4.79 Å². The molecule has 0 saturated heterocycles. The van der Waals surface area contributed by atoms with Gasteiger partial charge in [-0.25, -0.2) is 5.43 Å². The maximum absolute atomic E-state index is 8.24. The molecule has 5 heteroatoms. The molecule has 1 rings (SSSR count). The number of rotatable bonds is 3. The van der Waals surface area contributed by atoms with Crippen LogP contribution in [0.3, 0.4) is 0 Å². The van der Waals surface area contributed by atoms with E-state index in [0.717, 1.165) is 5.69 Å². The first-order chi connectivity index (χ1) is 6.24. The Hall–Kier alpha value is -2.00. The summed E-state index contributed by atoms with van der Waals surface area (Å²) in [5, 5.41) is 1.49. The summed E-state index contributed by atoms with van der Waals surface area (Å²) in [6.45, 7) is 0. The molecule has 0 aliphatic heterocycles. The quantitative estimate of drug-likeness (QED) is 0.179. The summed E-state index contributed by atoms with van der Waals surface area (Å²) in [6, 6.07) is 7.33. The standard InChI is InChI=1S/C8H11N5/c1-13(6-11-10)12-8-5-3-2-4-7(8)9/h2-6,12H,9H2,1H3. The maximum Gasteiger partial charge on any atom is 0.339 e. The van der Waals surface area contributed by atoms with Gasteiger partial charge in [-0.15, -0.1) is 0 Å². The van der Waals surface area contributed by atoms with E-state index in [1.54, 1.807) is 13.1 Å². The molecule has 5 nitrogen and oxygen atoms in total. The summed E-state index contributed by atoms with van der Waals surface area (Å²) in [5.74, 6) is 0. The summed E-state index contributed by atoms with van der Waals surface area (Å²) < 4.78 is 0. The van der Waals surface area contributed by atoms with Gasteiger partial charge >= 0.3 is 6.34 Å². The molecule has 0 aliphatic carbocycles. The molecular weight excluding hydrogens is 166 g/mol. The van der Waals surface area contributed by atoms with Crippen molar-refractivity contribution in [2.24, 2.45) is 0 Å². The monoisotopic (exact) mass is 177 g/mol. The van der Waals surface area contributed by atoms with E-state index in [4.69, 9.17) is 11.3 Å². The Morgan fingerprint density at radius 2 is 2.23 bits per heavy atom. The fourth-order valence-electron chi connectivity index (χ4n) is 0.895. The number of hydrazine groups is 1. The molecule has 0 spiro atoms. The molecule has 0 radical (unpaired) electrons. The number of hydrogen-bond donors (Lipinski definition) is 2. The molecule has 1 aromatic carbocycles. The van der Waals surface area contributed by atoms with Crippen molar-refractivity contribution in [3.63, 3.8) is 0 Å². The third-order valence-electron chi connectivity index (χ3n) is 1.48. The fraction of sp³-hybridized carbons (Fsp3) is 0.125. The minimum atomic E-state index is 0.640. The second-order valence-electron chi connectivity index (χ2n) is 2.54. The van der Waals surface area contributed by atoms with E-state index in [9.17, 15) is 0 Å². The summed E-state index contributed by atoms with van der Waals surface area (Å²) >= 11 is 0. The Bertz CT molecular complexity index is 329. The SMILES string of the molecule is CN(C=[N+]=[N-])Nc1ccccc1N. The van der Waals surface area contributed by atoms with Gasteiger partial charge in [0.1, 0.15) is 7.05 Å². The molecule has 1 aromatic rings. The van der Waals surface area contributed by atoms with Crippen molar-refractivity contribution >= 4 is 17.7 Å². The van der Waals surface area contributed by atoms with Crippen LogP contribution in [0.1, 0.15) is 0 Å². The smallest absolute Gasteiger partial charge is 0.339 e. The molecule has 0 unspecified atom stereocenters. The van der Waals surface area contributed by atoms with Crippen LogP contribution >= 0.6 is 0 Å². The molecule has 3 N–H and O–H groups in total. The van der Waals surface area contributed by atoms with Gasteiger partial charge in [-0.1, -0.05) is 12.1 Å². The molecule has 0 aliphatic rings. The van der Waals surface area contributed by atoms with Crippen LogP contribution in [-0.4, -0.2) is 23.2 Å². The van der Waals surface area contributed by atoms with Crippen LogP contribution < -0.4 is 11.2 Å². The lowest BCUT2D eigenvalue weighted by atomic mass is 10.3. The van der Waals surface area contributed by atoms with Crippen LogP contribution in [0.5, 0.6) is 0 Å². The number of nitrogens with zero attached hydrogens (tertiary/aromatic N) is 3. The second-order valence-corrected chi connectivity index (χ2v) is 2.54. The van der Waals surface area contributed by atoms with E-state index in [1.165, 1.54) is 11.3 Å². The van der Waals surface area contributed by atoms with Crippen molar-refractivity contribution in [3.8, 4) is 0 Å². The van der Waals surface area contributed by atoms with Crippen molar-refractivity contribution in [3.05, 3.63) is 29.8 Å². The van der Waals surface area contributed by atoms with Crippen molar-refractivity contribution in [1.82, 2.24) is 5.01 Å². The first-order valence-electron chi connectivity index (χ1n) is 3.75. The van der Waals surface area contributed by atoms with E-state index in [-0.39, 0.29) is 0 Å². The van der Waals surface area contributed by atoms with Gasteiger partial charge in [0.25, 0.3) is 0 Å². The van der Waals surface area contributed by atoms with Gasteiger partial charge in [0.15, 0.2) is 0 Å². The van der Waals surface area contributed by atoms with Crippen LogP contribution in [0.15, 0.2) is 24.3 Å². The van der Waals surface area contributed by atoms with Crippen LogP contribution in [0.2, 0.25) is 0 Å². The van der Waals surface area contributed by atoms with Crippen molar-refractivity contribution in [2.75, 3.05) is 18.2 Å². The Kier molecular flexibility index (Phi) is 2.89. The minimum absolute atomic E-state index is 0.640. The Balaban J connectivity index is 2.74. The van der Waals surface area contributed by atoms with Crippen molar-refractivity contribution in [2.45, 2.75) is 0 Å². The highest BCUT2D eigenvalue weighted by Gasteiger charge is 2.01. The highest BCUT2D eigenvalue weighted by atomic mass is 15.5. The molecule has 0 amide bonds. The average Bonchev–Trinajstić information content (AvgIpc) is 2.09. The van der Waals surface area contributed by atoms with Crippen LogP contribution in [0, 0.1) is 0 Å². The van der Waals surface area contributed by atoms with E-state index >= 15 is 0 Å². The number of nitrogens with two attached hydrogens (primary N) is 1. The van der Waals surface area contributed by atoms with Crippen LogP contribution in [-0.2, 0) is 0 Å². The fourth-order valence-corrected chi connectivity index (χ4v) is 0.895. The van der Waals surface area contributed by atoms with E-state index in [1.807, 2.05) is 18.2 Å². The van der Waals surface area contributed by atoms with Gasteiger partial charge in [0, 0.05) is 0 Å². The molecule has 68 valence electrons. The Morgan fingerprint density at radius 3 is 2.85 bits per heavy atom. The lowest BCUT2D eigenvalue weighted by molar-refractivity contribution is -0.00910. The van der Waals surface area contributed by atoms with E-state index in [0.29, 0.717) is 5.69 Å². The highest BCUT2D eigenvalue weighted by molar-refractivity contribution is 5.67. The van der Waals surface area contributed by atoms with Crippen LogP contribution in [0.4, 0.5) is 11.4 Å². The third kappa shape index (κ3) is 2.50. The van der Waals surface area contributed by atoms with Gasteiger partial charge in [-0.2, -0.15) is 5.01 Å². The number of hydrogen-bond acceptors (Lipinski definition) is 2. The molecule has 13 heavy (non-hydrogen) atoms. The zero-order valence-electron chi connectivity index (χ0n) is 7.31. The lowest BCUT2D eigenvalue weighted by Gasteiger charge is -2.09. The van der Waals surface area contributed by atoms with Crippen molar-refractivity contribution in [1.29, 1.82) is 0 Å². The number of nitrogen functional groups attached to an aromatic ring is 1. The summed E-state index contributed by atoms with van der Waals surface area (Å²) in [5.41, 5.74) is 18.2. The highest BCUT2D eigenvalue weighted by Crippen LogP contribution is 2.16. The topological polar surface area (TPSA) is 77.7 Å². The first kappa shape index (κ1) is 9.09. The Labute approximate surface area is 76.4 Å². The normalized spacial score (nSPS) is 8.69. The predicted molar refractivity (Wildman–Crippen MR) is 51.9 cm³/mol. The minimum Gasteiger partial charge on any atom is -0.498 e. The van der Waals surface area contributed by atoms with Crippen LogP contribution in [0.25, 0.3) is 5.53 Å². The maximum atomic E-state index is 8.24. The van der Waals surface area contributed by atoms with E-state index in [2.05, 4.69) is 10.2 Å². The third-order valence-corrected chi connectivity index (χ3v) is 1.48. The first-order valence-corrected chi connectivity index (χ1v) is 3.75. The number of anilines is 2. The average molecular weight is 177 g/mol. The Morgan fingerprint density at radius 1 is 1.54 bits per heavy atom. The molecular formula is C8H11N5. The number of benzene rings is 1. The van der Waals surface area contributed by atoms with Gasteiger partial charge in [-0.05, 0) is 12.1 Å². The molecule has 0 fully saturated rings. The lowest BCUT2D eigenvalue weighted by Crippen LogP contribution is -2.24. The molecule has 0 aromatic heterocycles. The summed E-state index contributed by atoms with van der Waals surface area (Å²) in [4.78, 5) is 2.86. The van der Waals surface area contributed by atoms with Gasteiger partial charge in [-0.3, -0.25) is 0 Å². The number of nitrogens with one attached hydrogen (secondary N) is 1. The predicted octanol–water partition coefficient (Wildman–Crippen LogP) is 0.786. The van der Waals surface area contributed by atoms with E-state index < -0.39 is 0 Å². The number of para-hydroxylation sites is 2. The molecule has 0 heterocycles.